The average Bonchev–Trinajstić information content (AvgIpc) is 2.84. The van der Waals surface area contributed by atoms with Crippen molar-refractivity contribution in [2.45, 2.75) is 19.0 Å². The Morgan fingerprint density at radius 2 is 1.64 bits per heavy atom. The van der Waals surface area contributed by atoms with E-state index in [0.717, 1.165) is 35.0 Å². The Hall–Kier alpha value is -3.62. The van der Waals surface area contributed by atoms with Gasteiger partial charge in [-0.05, 0) is 73.5 Å². The molecule has 9 heteroatoms. The summed E-state index contributed by atoms with van der Waals surface area (Å²) in [4.78, 5) is 14.6. The van der Waals surface area contributed by atoms with Crippen molar-refractivity contribution >= 4 is 17.4 Å². The van der Waals surface area contributed by atoms with Gasteiger partial charge in [-0.15, -0.1) is 10.2 Å². The molecule has 0 bridgehead atoms. The molecule has 172 valence electrons. The molecule has 0 radical (unpaired) electrons. The summed E-state index contributed by atoms with van der Waals surface area (Å²) < 4.78 is 43.2. The molecule has 2 aromatic carbocycles. The number of alkyl halides is 3. The van der Waals surface area contributed by atoms with Gasteiger partial charge in [0.25, 0.3) is 0 Å². The van der Waals surface area contributed by atoms with Crippen molar-refractivity contribution in [1.82, 2.24) is 10.2 Å². The lowest BCUT2D eigenvalue weighted by molar-refractivity contribution is -0.137. The third-order valence-corrected chi connectivity index (χ3v) is 5.71. The standard InChI is InChI=1S/C24H23F3N4O2/c1-33-20-8-2-16(3-9-20)21-10-11-22(30-29-21)31-14-12-17(13-15-31)23(32)28-19-6-4-18(5-7-19)24(25,26)27/h2-11,17H,12-15H2,1H3,(H,28,32). The highest BCUT2D eigenvalue weighted by atomic mass is 19.4. The van der Waals surface area contributed by atoms with Crippen LogP contribution in [0.3, 0.4) is 0 Å². The Balaban J connectivity index is 1.31. The number of anilines is 2. The van der Waals surface area contributed by atoms with Gasteiger partial charge in [0.15, 0.2) is 5.82 Å². The summed E-state index contributed by atoms with van der Waals surface area (Å²) in [5, 5.41) is 11.4. The van der Waals surface area contributed by atoms with Crippen LogP contribution in [0.5, 0.6) is 5.75 Å². The first-order chi connectivity index (χ1) is 15.8. The number of hydrogen-bond donors (Lipinski definition) is 1. The van der Waals surface area contributed by atoms with Crippen LogP contribution < -0.4 is 15.0 Å². The summed E-state index contributed by atoms with van der Waals surface area (Å²) in [6.45, 7) is 1.28. The molecule has 0 saturated carbocycles. The molecule has 0 spiro atoms. The molecule has 1 aliphatic rings. The predicted molar refractivity (Wildman–Crippen MR) is 119 cm³/mol. The minimum Gasteiger partial charge on any atom is -0.497 e. The number of nitrogens with one attached hydrogen (secondary N) is 1. The Labute approximate surface area is 189 Å². The van der Waals surface area contributed by atoms with Gasteiger partial charge in [0.2, 0.25) is 5.91 Å². The van der Waals surface area contributed by atoms with Gasteiger partial charge in [0.05, 0.1) is 18.4 Å². The van der Waals surface area contributed by atoms with Crippen molar-refractivity contribution in [1.29, 1.82) is 0 Å². The number of ether oxygens (including phenoxy) is 1. The van der Waals surface area contributed by atoms with Crippen LogP contribution >= 0.6 is 0 Å². The Kier molecular flexibility index (Phi) is 6.48. The molecule has 1 aromatic heterocycles. The normalized spacial score (nSPS) is 14.7. The zero-order chi connectivity index (χ0) is 23.4. The van der Waals surface area contributed by atoms with Crippen LogP contribution in [0.15, 0.2) is 60.7 Å². The molecule has 6 nitrogen and oxygen atoms in total. The molecular weight excluding hydrogens is 433 g/mol. The molecule has 3 aromatic rings. The van der Waals surface area contributed by atoms with Crippen molar-refractivity contribution in [3.63, 3.8) is 0 Å². The van der Waals surface area contributed by atoms with E-state index in [-0.39, 0.29) is 11.8 Å². The highest BCUT2D eigenvalue weighted by Gasteiger charge is 2.30. The highest BCUT2D eigenvalue weighted by Crippen LogP contribution is 2.30. The molecule has 1 aliphatic heterocycles. The van der Waals surface area contributed by atoms with Gasteiger partial charge >= 0.3 is 6.18 Å². The van der Waals surface area contributed by atoms with E-state index in [9.17, 15) is 18.0 Å². The largest absolute Gasteiger partial charge is 0.497 e. The summed E-state index contributed by atoms with van der Waals surface area (Å²) in [5.74, 6) is 1.12. The second kappa shape index (κ2) is 9.48. The van der Waals surface area contributed by atoms with E-state index >= 15 is 0 Å². The molecular formula is C24H23F3N4O2. The van der Waals surface area contributed by atoms with E-state index in [1.807, 2.05) is 36.4 Å². The molecule has 0 aliphatic carbocycles. The van der Waals surface area contributed by atoms with Crippen molar-refractivity contribution in [2.24, 2.45) is 5.92 Å². The Morgan fingerprint density at radius 1 is 0.970 bits per heavy atom. The third kappa shape index (κ3) is 5.42. The van der Waals surface area contributed by atoms with Gasteiger partial charge in [-0.2, -0.15) is 13.2 Å². The first-order valence-corrected chi connectivity index (χ1v) is 10.5. The summed E-state index contributed by atoms with van der Waals surface area (Å²) in [6, 6.07) is 15.9. The van der Waals surface area contributed by atoms with Crippen LogP contribution in [-0.2, 0) is 11.0 Å². The van der Waals surface area contributed by atoms with Crippen molar-refractivity contribution in [2.75, 3.05) is 30.4 Å². The van der Waals surface area contributed by atoms with E-state index in [1.165, 1.54) is 12.1 Å². The molecule has 0 atom stereocenters. The molecule has 33 heavy (non-hydrogen) atoms. The highest BCUT2D eigenvalue weighted by molar-refractivity contribution is 5.92. The van der Waals surface area contributed by atoms with Crippen LogP contribution in [-0.4, -0.2) is 36.3 Å². The molecule has 2 heterocycles. The second-order valence-corrected chi connectivity index (χ2v) is 7.83. The van der Waals surface area contributed by atoms with Crippen LogP contribution in [0.25, 0.3) is 11.3 Å². The zero-order valence-electron chi connectivity index (χ0n) is 18.0. The minimum absolute atomic E-state index is 0.185. The zero-order valence-corrected chi connectivity index (χ0v) is 18.0. The second-order valence-electron chi connectivity index (χ2n) is 7.83. The Bertz CT molecular complexity index is 1080. The SMILES string of the molecule is COc1ccc(-c2ccc(N3CCC(C(=O)Nc4ccc(C(F)(F)F)cc4)CC3)nn2)cc1. The van der Waals surface area contributed by atoms with E-state index in [2.05, 4.69) is 20.4 Å². The number of nitrogens with zero attached hydrogens (tertiary/aromatic N) is 3. The molecule has 1 amide bonds. The first kappa shape index (κ1) is 22.6. The number of carbonyl (C=O) groups excluding carboxylic acids is 1. The predicted octanol–water partition coefficient (Wildman–Crippen LogP) is 5.03. The Morgan fingerprint density at radius 3 is 2.18 bits per heavy atom. The number of aromatic nitrogens is 2. The number of halogens is 3. The third-order valence-electron chi connectivity index (χ3n) is 5.71. The monoisotopic (exact) mass is 456 g/mol. The molecule has 1 saturated heterocycles. The number of carbonyl (C=O) groups is 1. The number of methoxy groups -OCH3 is 1. The lowest BCUT2D eigenvalue weighted by atomic mass is 9.95. The van der Waals surface area contributed by atoms with Gasteiger partial charge in [0.1, 0.15) is 5.75 Å². The van der Waals surface area contributed by atoms with Crippen molar-refractivity contribution < 1.29 is 22.7 Å². The van der Waals surface area contributed by atoms with E-state index in [4.69, 9.17) is 4.74 Å². The van der Waals surface area contributed by atoms with Gasteiger partial charge in [-0.3, -0.25) is 4.79 Å². The van der Waals surface area contributed by atoms with E-state index in [0.29, 0.717) is 31.6 Å². The fraction of sp³-hybridized carbons (Fsp3) is 0.292. The first-order valence-electron chi connectivity index (χ1n) is 10.5. The number of piperidine rings is 1. The number of rotatable bonds is 5. The number of amides is 1. The molecule has 1 N–H and O–H groups in total. The van der Waals surface area contributed by atoms with E-state index in [1.54, 1.807) is 7.11 Å². The fourth-order valence-corrected chi connectivity index (χ4v) is 3.77. The summed E-state index contributed by atoms with van der Waals surface area (Å²) >= 11 is 0. The van der Waals surface area contributed by atoms with Crippen LogP contribution in [0.4, 0.5) is 24.7 Å². The maximum Gasteiger partial charge on any atom is 0.416 e. The van der Waals surface area contributed by atoms with Gasteiger partial charge < -0.3 is 15.0 Å². The summed E-state index contributed by atoms with van der Waals surface area (Å²) in [6.07, 6.45) is -3.16. The topological polar surface area (TPSA) is 67.3 Å². The lowest BCUT2D eigenvalue weighted by Gasteiger charge is -2.31. The fourth-order valence-electron chi connectivity index (χ4n) is 3.77. The maximum absolute atomic E-state index is 12.7. The van der Waals surface area contributed by atoms with Crippen molar-refractivity contribution in [3.05, 3.63) is 66.2 Å². The minimum atomic E-state index is -4.40. The van der Waals surface area contributed by atoms with Crippen molar-refractivity contribution in [3.8, 4) is 17.0 Å². The van der Waals surface area contributed by atoms with Crippen LogP contribution in [0.2, 0.25) is 0 Å². The smallest absolute Gasteiger partial charge is 0.416 e. The van der Waals surface area contributed by atoms with Gasteiger partial charge in [-0.1, -0.05) is 0 Å². The van der Waals surface area contributed by atoms with Gasteiger partial charge in [0, 0.05) is 30.3 Å². The lowest BCUT2D eigenvalue weighted by Crippen LogP contribution is -2.38. The van der Waals surface area contributed by atoms with Crippen LogP contribution in [0, 0.1) is 5.92 Å². The molecule has 4 rings (SSSR count). The maximum atomic E-state index is 12.7. The quantitative estimate of drug-likeness (QED) is 0.584. The number of hydrogen-bond acceptors (Lipinski definition) is 5. The summed E-state index contributed by atoms with van der Waals surface area (Å²) in [7, 11) is 1.62. The van der Waals surface area contributed by atoms with Crippen LogP contribution in [0.1, 0.15) is 18.4 Å². The average molecular weight is 456 g/mol. The summed E-state index contributed by atoms with van der Waals surface area (Å²) in [5.41, 5.74) is 1.31. The van der Waals surface area contributed by atoms with Gasteiger partial charge in [-0.25, -0.2) is 0 Å². The molecule has 1 fully saturated rings. The number of benzene rings is 2. The van der Waals surface area contributed by atoms with E-state index < -0.39 is 11.7 Å². The molecule has 0 unspecified atom stereocenters.